The monoisotopic (exact) mass is 242 g/mol. The fraction of sp³-hybridized carbons (Fsp3) is 0.133. The maximum absolute atomic E-state index is 10.2. The average molecular weight is 242 g/mol. The van der Waals surface area contributed by atoms with Crippen molar-refractivity contribution in [3.8, 4) is 0 Å². The Morgan fingerprint density at radius 1 is 1.06 bits per heavy atom. The summed E-state index contributed by atoms with van der Waals surface area (Å²) in [4.78, 5) is 11.8. The van der Waals surface area contributed by atoms with Crippen LogP contribution in [-0.4, -0.2) is 13.5 Å². The van der Waals surface area contributed by atoms with E-state index < -0.39 is 0 Å². The van der Waals surface area contributed by atoms with Crippen molar-refractivity contribution in [1.29, 1.82) is 0 Å². The summed E-state index contributed by atoms with van der Waals surface area (Å²) < 4.78 is 0. The van der Waals surface area contributed by atoms with Crippen molar-refractivity contribution in [2.45, 2.75) is 6.92 Å². The summed E-state index contributed by atoms with van der Waals surface area (Å²) in [5, 5.41) is 0. The lowest BCUT2D eigenvalue weighted by atomic mass is 10.2. The van der Waals surface area contributed by atoms with Gasteiger partial charge in [-0.15, -0.1) is 0 Å². The van der Waals surface area contributed by atoms with Gasteiger partial charge in [-0.1, -0.05) is 30.3 Å². The van der Waals surface area contributed by atoms with E-state index >= 15 is 0 Å². The molecule has 0 bridgehead atoms. The van der Waals surface area contributed by atoms with Crippen LogP contribution >= 0.6 is 0 Å². The number of carbonyl (C=O) groups excluding carboxylic acids is 1. The molecule has 1 amide bonds. The molecule has 2 rings (SSSR count). The SMILES string of the molecule is CN(C=O)c1ccccc1.Cc1cccc(N)c1. The van der Waals surface area contributed by atoms with Gasteiger partial charge in [-0.05, 0) is 36.8 Å². The third-order valence-corrected chi connectivity index (χ3v) is 2.36. The van der Waals surface area contributed by atoms with Gasteiger partial charge in [-0.3, -0.25) is 4.79 Å². The van der Waals surface area contributed by atoms with Crippen molar-refractivity contribution < 1.29 is 4.79 Å². The molecular formula is C15H18N2O. The number of hydrogen-bond acceptors (Lipinski definition) is 2. The second kappa shape index (κ2) is 7.12. The summed E-state index contributed by atoms with van der Waals surface area (Å²) in [6.45, 7) is 2.02. The van der Waals surface area contributed by atoms with E-state index in [2.05, 4.69) is 0 Å². The maximum atomic E-state index is 10.2. The van der Waals surface area contributed by atoms with Gasteiger partial charge in [0, 0.05) is 18.4 Å². The van der Waals surface area contributed by atoms with E-state index in [0.29, 0.717) is 0 Å². The molecule has 0 heterocycles. The van der Waals surface area contributed by atoms with E-state index in [1.165, 1.54) is 10.5 Å². The fourth-order valence-electron chi connectivity index (χ4n) is 1.39. The first-order valence-corrected chi connectivity index (χ1v) is 5.69. The second-order valence-corrected chi connectivity index (χ2v) is 3.97. The first-order chi connectivity index (χ1) is 8.63. The van der Waals surface area contributed by atoms with Crippen molar-refractivity contribution in [3.63, 3.8) is 0 Å². The molecule has 2 N–H and O–H groups in total. The Morgan fingerprint density at radius 3 is 2.17 bits per heavy atom. The van der Waals surface area contributed by atoms with Crippen LogP contribution in [0.3, 0.4) is 0 Å². The summed E-state index contributed by atoms with van der Waals surface area (Å²) in [7, 11) is 1.72. The molecule has 0 aliphatic carbocycles. The fourth-order valence-corrected chi connectivity index (χ4v) is 1.39. The number of para-hydroxylation sites is 1. The molecule has 3 heteroatoms. The van der Waals surface area contributed by atoms with Crippen LogP contribution in [0.4, 0.5) is 11.4 Å². The summed E-state index contributed by atoms with van der Waals surface area (Å²) in [5.41, 5.74) is 8.42. The molecule has 0 fully saturated rings. The van der Waals surface area contributed by atoms with Crippen LogP contribution in [0.5, 0.6) is 0 Å². The number of anilines is 2. The van der Waals surface area contributed by atoms with Gasteiger partial charge < -0.3 is 10.6 Å². The molecule has 0 saturated carbocycles. The molecule has 0 atom stereocenters. The van der Waals surface area contributed by atoms with Gasteiger partial charge >= 0.3 is 0 Å². The van der Waals surface area contributed by atoms with Crippen molar-refractivity contribution in [2.75, 3.05) is 17.7 Å². The highest BCUT2D eigenvalue weighted by Gasteiger charge is 1.93. The minimum atomic E-state index is 0.787. The van der Waals surface area contributed by atoms with Crippen LogP contribution in [0.2, 0.25) is 0 Å². The van der Waals surface area contributed by atoms with Crippen LogP contribution in [0, 0.1) is 6.92 Å². The largest absolute Gasteiger partial charge is 0.399 e. The Labute approximate surface area is 108 Å². The zero-order valence-electron chi connectivity index (χ0n) is 10.7. The standard InChI is InChI=1S/C8H9NO.C7H9N/c1-9(7-10)8-5-3-2-4-6-8;1-6-3-2-4-7(8)5-6/h2-7H,1H3;2-5H,8H2,1H3. The summed E-state index contributed by atoms with van der Waals surface area (Å²) in [6.07, 6.45) is 0.787. The van der Waals surface area contributed by atoms with Gasteiger partial charge in [0.2, 0.25) is 6.41 Å². The number of nitrogen functional groups attached to an aromatic ring is 1. The van der Waals surface area contributed by atoms with E-state index in [4.69, 9.17) is 5.73 Å². The number of nitrogens with two attached hydrogens (primary N) is 1. The number of nitrogens with zero attached hydrogens (tertiary/aromatic N) is 1. The number of hydrogen-bond donors (Lipinski definition) is 1. The molecular weight excluding hydrogens is 224 g/mol. The topological polar surface area (TPSA) is 46.3 Å². The number of amides is 1. The highest BCUT2D eigenvalue weighted by Crippen LogP contribution is 2.07. The predicted molar refractivity (Wildman–Crippen MR) is 76.5 cm³/mol. The van der Waals surface area contributed by atoms with Crippen LogP contribution in [0.1, 0.15) is 5.56 Å². The van der Waals surface area contributed by atoms with E-state index in [1.54, 1.807) is 7.05 Å². The highest BCUT2D eigenvalue weighted by atomic mass is 16.1. The van der Waals surface area contributed by atoms with Crippen molar-refractivity contribution in [1.82, 2.24) is 0 Å². The lowest BCUT2D eigenvalue weighted by Crippen LogP contribution is -2.12. The van der Waals surface area contributed by atoms with Gasteiger partial charge in [0.15, 0.2) is 0 Å². The molecule has 0 saturated heterocycles. The third kappa shape index (κ3) is 4.70. The van der Waals surface area contributed by atoms with Crippen LogP contribution in [0.25, 0.3) is 0 Å². The first-order valence-electron chi connectivity index (χ1n) is 5.69. The maximum Gasteiger partial charge on any atom is 0.213 e. The lowest BCUT2D eigenvalue weighted by molar-refractivity contribution is -0.107. The molecule has 0 spiro atoms. The average Bonchev–Trinajstić information content (AvgIpc) is 2.39. The highest BCUT2D eigenvalue weighted by molar-refractivity contribution is 5.73. The van der Waals surface area contributed by atoms with Gasteiger partial charge in [0.25, 0.3) is 0 Å². The minimum absolute atomic E-state index is 0.787. The van der Waals surface area contributed by atoms with Crippen LogP contribution < -0.4 is 10.6 Å². The summed E-state index contributed by atoms with van der Waals surface area (Å²) >= 11 is 0. The zero-order valence-corrected chi connectivity index (χ0v) is 10.7. The number of rotatable bonds is 2. The van der Waals surface area contributed by atoms with Crippen molar-refractivity contribution in [3.05, 3.63) is 60.2 Å². The predicted octanol–water partition coefficient (Wildman–Crippen LogP) is 2.86. The molecule has 2 aromatic carbocycles. The molecule has 18 heavy (non-hydrogen) atoms. The molecule has 0 aliphatic heterocycles. The van der Waals surface area contributed by atoms with E-state index in [0.717, 1.165) is 17.8 Å². The lowest BCUT2D eigenvalue weighted by Gasteiger charge is -2.08. The normalized spacial score (nSPS) is 9.00. The molecule has 0 radical (unpaired) electrons. The molecule has 2 aromatic rings. The number of benzene rings is 2. The summed E-state index contributed by atoms with van der Waals surface area (Å²) in [5.74, 6) is 0. The Balaban J connectivity index is 0.000000184. The van der Waals surface area contributed by atoms with Crippen LogP contribution in [-0.2, 0) is 4.79 Å². The van der Waals surface area contributed by atoms with Crippen molar-refractivity contribution in [2.24, 2.45) is 0 Å². The van der Waals surface area contributed by atoms with Gasteiger partial charge in [-0.2, -0.15) is 0 Å². The first kappa shape index (κ1) is 13.8. The quantitative estimate of drug-likeness (QED) is 0.650. The van der Waals surface area contributed by atoms with Crippen molar-refractivity contribution >= 4 is 17.8 Å². The molecule has 0 aliphatic rings. The summed E-state index contributed by atoms with van der Waals surface area (Å²) in [6, 6.07) is 17.3. The van der Waals surface area contributed by atoms with Gasteiger partial charge in [-0.25, -0.2) is 0 Å². The van der Waals surface area contributed by atoms with E-state index in [-0.39, 0.29) is 0 Å². The number of carbonyl (C=O) groups is 1. The van der Waals surface area contributed by atoms with E-state index in [9.17, 15) is 4.79 Å². The Morgan fingerprint density at radius 2 is 1.72 bits per heavy atom. The van der Waals surface area contributed by atoms with Gasteiger partial charge in [0.05, 0.1) is 0 Å². The molecule has 94 valence electrons. The second-order valence-electron chi connectivity index (χ2n) is 3.97. The minimum Gasteiger partial charge on any atom is -0.399 e. The number of aryl methyl sites for hydroxylation is 1. The van der Waals surface area contributed by atoms with E-state index in [1.807, 2.05) is 61.5 Å². The Bertz CT molecular complexity index is 466. The zero-order chi connectivity index (χ0) is 13.4. The Hall–Kier alpha value is -2.29. The molecule has 3 nitrogen and oxygen atoms in total. The van der Waals surface area contributed by atoms with Gasteiger partial charge in [0.1, 0.15) is 0 Å². The van der Waals surface area contributed by atoms with Crippen LogP contribution in [0.15, 0.2) is 54.6 Å². The molecule has 0 unspecified atom stereocenters. The third-order valence-electron chi connectivity index (χ3n) is 2.36. The Kier molecular flexibility index (Phi) is 5.45. The smallest absolute Gasteiger partial charge is 0.213 e. The molecule has 0 aromatic heterocycles.